The molecular formula is C11H11BrN2OS. The SMILES string of the molecule is Nc1nc(CCOc2cccc(Br)c2)cs1. The number of nitrogens with zero attached hydrogens (tertiary/aromatic N) is 1. The molecule has 2 rings (SSSR count). The highest BCUT2D eigenvalue weighted by Gasteiger charge is 1.99. The normalized spacial score (nSPS) is 10.3. The molecule has 2 aromatic rings. The molecule has 1 heterocycles. The summed E-state index contributed by atoms with van der Waals surface area (Å²) in [5, 5.41) is 2.57. The van der Waals surface area contributed by atoms with Crippen LogP contribution in [0.5, 0.6) is 5.75 Å². The van der Waals surface area contributed by atoms with Crippen molar-refractivity contribution in [3.05, 3.63) is 39.8 Å². The van der Waals surface area contributed by atoms with Crippen LogP contribution in [0.4, 0.5) is 5.13 Å². The van der Waals surface area contributed by atoms with Gasteiger partial charge in [0.05, 0.1) is 12.3 Å². The van der Waals surface area contributed by atoms with Crippen LogP contribution < -0.4 is 10.5 Å². The number of ether oxygens (including phenoxy) is 1. The van der Waals surface area contributed by atoms with E-state index in [1.807, 2.05) is 29.6 Å². The van der Waals surface area contributed by atoms with Gasteiger partial charge in [-0.3, -0.25) is 0 Å². The van der Waals surface area contributed by atoms with E-state index < -0.39 is 0 Å². The molecule has 0 bridgehead atoms. The molecule has 0 aliphatic rings. The minimum Gasteiger partial charge on any atom is -0.493 e. The van der Waals surface area contributed by atoms with Crippen molar-refractivity contribution in [1.82, 2.24) is 4.98 Å². The second kappa shape index (κ2) is 5.32. The molecule has 3 nitrogen and oxygen atoms in total. The van der Waals surface area contributed by atoms with E-state index in [2.05, 4.69) is 20.9 Å². The molecular weight excluding hydrogens is 288 g/mol. The highest BCUT2D eigenvalue weighted by atomic mass is 79.9. The van der Waals surface area contributed by atoms with E-state index in [-0.39, 0.29) is 0 Å². The highest BCUT2D eigenvalue weighted by Crippen LogP contribution is 2.18. The quantitative estimate of drug-likeness (QED) is 0.943. The van der Waals surface area contributed by atoms with Crippen LogP contribution in [-0.2, 0) is 6.42 Å². The zero-order valence-corrected chi connectivity index (χ0v) is 10.9. The van der Waals surface area contributed by atoms with Crippen LogP contribution in [-0.4, -0.2) is 11.6 Å². The monoisotopic (exact) mass is 298 g/mol. The number of benzene rings is 1. The smallest absolute Gasteiger partial charge is 0.180 e. The van der Waals surface area contributed by atoms with E-state index in [1.54, 1.807) is 0 Å². The maximum absolute atomic E-state index is 5.59. The Kier molecular flexibility index (Phi) is 3.79. The fourth-order valence-corrected chi connectivity index (χ4v) is 2.24. The van der Waals surface area contributed by atoms with Crippen molar-refractivity contribution < 1.29 is 4.74 Å². The minimum absolute atomic E-state index is 0.609. The lowest BCUT2D eigenvalue weighted by molar-refractivity contribution is 0.320. The van der Waals surface area contributed by atoms with Crippen molar-refractivity contribution in [2.45, 2.75) is 6.42 Å². The molecule has 0 aliphatic carbocycles. The predicted molar refractivity (Wildman–Crippen MR) is 69.9 cm³/mol. The molecule has 0 aliphatic heterocycles. The summed E-state index contributed by atoms with van der Waals surface area (Å²) in [4.78, 5) is 4.17. The van der Waals surface area contributed by atoms with E-state index in [1.165, 1.54) is 11.3 Å². The third-order valence-corrected chi connectivity index (χ3v) is 3.21. The van der Waals surface area contributed by atoms with Crippen LogP contribution in [0.25, 0.3) is 0 Å². The number of hydrogen-bond acceptors (Lipinski definition) is 4. The zero-order chi connectivity index (χ0) is 11.4. The number of aromatic nitrogens is 1. The number of nitrogens with two attached hydrogens (primary N) is 1. The first-order chi connectivity index (χ1) is 7.74. The molecule has 84 valence electrons. The van der Waals surface area contributed by atoms with Gasteiger partial charge < -0.3 is 10.5 Å². The van der Waals surface area contributed by atoms with Gasteiger partial charge in [0, 0.05) is 16.3 Å². The Hall–Kier alpha value is -1.07. The second-order valence-corrected chi connectivity index (χ2v) is 5.04. The first-order valence-corrected chi connectivity index (χ1v) is 6.49. The summed E-state index contributed by atoms with van der Waals surface area (Å²) < 4.78 is 6.61. The summed E-state index contributed by atoms with van der Waals surface area (Å²) in [6.07, 6.45) is 0.778. The van der Waals surface area contributed by atoms with Crippen molar-refractivity contribution in [3.8, 4) is 5.75 Å². The summed E-state index contributed by atoms with van der Waals surface area (Å²) in [7, 11) is 0. The Balaban J connectivity index is 1.84. The molecule has 0 spiro atoms. The zero-order valence-electron chi connectivity index (χ0n) is 8.52. The van der Waals surface area contributed by atoms with Gasteiger partial charge in [0.1, 0.15) is 5.75 Å². The van der Waals surface area contributed by atoms with Crippen molar-refractivity contribution in [2.75, 3.05) is 12.3 Å². The van der Waals surface area contributed by atoms with Gasteiger partial charge >= 0.3 is 0 Å². The maximum atomic E-state index is 5.59. The van der Waals surface area contributed by atoms with Crippen molar-refractivity contribution in [3.63, 3.8) is 0 Å². The van der Waals surface area contributed by atoms with Crippen LogP contribution >= 0.6 is 27.3 Å². The topological polar surface area (TPSA) is 48.1 Å². The van der Waals surface area contributed by atoms with Gasteiger partial charge in [-0.1, -0.05) is 22.0 Å². The van der Waals surface area contributed by atoms with Crippen molar-refractivity contribution >= 4 is 32.4 Å². The number of nitrogen functional groups attached to an aromatic ring is 1. The van der Waals surface area contributed by atoms with Gasteiger partial charge in [0.25, 0.3) is 0 Å². The Morgan fingerprint density at radius 3 is 3.00 bits per heavy atom. The lowest BCUT2D eigenvalue weighted by atomic mass is 10.3. The first kappa shape index (κ1) is 11.4. The average molecular weight is 299 g/mol. The third-order valence-electron chi connectivity index (χ3n) is 1.99. The summed E-state index contributed by atoms with van der Waals surface area (Å²) in [6, 6.07) is 7.78. The average Bonchev–Trinajstić information content (AvgIpc) is 2.64. The Morgan fingerprint density at radius 1 is 1.44 bits per heavy atom. The van der Waals surface area contributed by atoms with Crippen LogP contribution in [0.2, 0.25) is 0 Å². The van der Waals surface area contributed by atoms with E-state index in [9.17, 15) is 0 Å². The predicted octanol–water partition coefficient (Wildman–Crippen LogP) is 3.11. The Labute approximate surface area is 106 Å². The lowest BCUT2D eigenvalue weighted by Gasteiger charge is -2.04. The molecule has 1 aromatic heterocycles. The Bertz CT molecular complexity index is 473. The van der Waals surface area contributed by atoms with E-state index in [0.29, 0.717) is 11.7 Å². The molecule has 0 saturated heterocycles. The van der Waals surface area contributed by atoms with Gasteiger partial charge in [-0.05, 0) is 18.2 Å². The number of anilines is 1. The molecule has 0 amide bonds. The molecule has 0 unspecified atom stereocenters. The summed E-state index contributed by atoms with van der Waals surface area (Å²) in [5.74, 6) is 0.859. The number of halogens is 1. The van der Waals surface area contributed by atoms with Crippen LogP contribution in [0.1, 0.15) is 5.69 Å². The molecule has 16 heavy (non-hydrogen) atoms. The van der Waals surface area contributed by atoms with Crippen LogP contribution in [0, 0.1) is 0 Å². The van der Waals surface area contributed by atoms with E-state index >= 15 is 0 Å². The van der Waals surface area contributed by atoms with Gasteiger partial charge in [-0.2, -0.15) is 0 Å². The molecule has 0 radical (unpaired) electrons. The highest BCUT2D eigenvalue weighted by molar-refractivity contribution is 9.10. The summed E-state index contributed by atoms with van der Waals surface area (Å²) in [5.41, 5.74) is 6.53. The Morgan fingerprint density at radius 2 is 2.31 bits per heavy atom. The molecule has 2 N–H and O–H groups in total. The third kappa shape index (κ3) is 3.21. The largest absolute Gasteiger partial charge is 0.493 e. The van der Waals surface area contributed by atoms with Gasteiger partial charge in [-0.25, -0.2) is 4.98 Å². The number of hydrogen-bond donors (Lipinski definition) is 1. The number of rotatable bonds is 4. The fraction of sp³-hybridized carbons (Fsp3) is 0.182. The van der Waals surface area contributed by atoms with Gasteiger partial charge in [0.15, 0.2) is 5.13 Å². The molecule has 1 aromatic carbocycles. The first-order valence-electron chi connectivity index (χ1n) is 4.82. The lowest BCUT2D eigenvalue weighted by Crippen LogP contribution is -2.01. The van der Waals surface area contributed by atoms with Crippen LogP contribution in [0.3, 0.4) is 0 Å². The van der Waals surface area contributed by atoms with Crippen LogP contribution in [0.15, 0.2) is 34.1 Å². The maximum Gasteiger partial charge on any atom is 0.180 e. The summed E-state index contributed by atoms with van der Waals surface area (Å²) in [6.45, 7) is 0.611. The van der Waals surface area contributed by atoms with E-state index in [4.69, 9.17) is 10.5 Å². The van der Waals surface area contributed by atoms with Gasteiger partial charge in [-0.15, -0.1) is 11.3 Å². The molecule has 5 heteroatoms. The standard InChI is InChI=1S/C11H11BrN2OS/c12-8-2-1-3-10(6-8)15-5-4-9-7-16-11(13)14-9/h1-3,6-7H,4-5H2,(H2,13,14). The fourth-order valence-electron chi connectivity index (χ4n) is 1.27. The summed E-state index contributed by atoms with van der Waals surface area (Å²) >= 11 is 4.85. The molecule has 0 saturated carbocycles. The van der Waals surface area contributed by atoms with E-state index in [0.717, 1.165) is 22.3 Å². The minimum atomic E-state index is 0.609. The van der Waals surface area contributed by atoms with Crippen molar-refractivity contribution in [2.24, 2.45) is 0 Å². The number of thiazole rings is 1. The molecule has 0 fully saturated rings. The molecule has 0 atom stereocenters. The van der Waals surface area contributed by atoms with Crippen molar-refractivity contribution in [1.29, 1.82) is 0 Å². The van der Waals surface area contributed by atoms with Gasteiger partial charge in [0.2, 0.25) is 0 Å². The second-order valence-electron chi connectivity index (χ2n) is 3.23.